The minimum Gasteiger partial charge on any atom is -0.299 e. The zero-order valence-corrected chi connectivity index (χ0v) is 11.3. The van der Waals surface area contributed by atoms with Crippen molar-refractivity contribution in [2.24, 2.45) is 5.92 Å². The number of aryl methyl sites for hydroxylation is 1. The summed E-state index contributed by atoms with van der Waals surface area (Å²) in [5.74, 6) is 0.608. The van der Waals surface area contributed by atoms with Crippen LogP contribution in [0.3, 0.4) is 0 Å². The maximum absolute atomic E-state index is 12.1. The number of Topliss-reactive ketones (excluding diaryl/α,β-unsaturated/α-hetero) is 1. The molecule has 1 aromatic heterocycles. The van der Waals surface area contributed by atoms with Crippen molar-refractivity contribution < 1.29 is 4.79 Å². The lowest BCUT2D eigenvalue weighted by molar-refractivity contribution is -0.122. The van der Waals surface area contributed by atoms with Crippen LogP contribution >= 0.6 is 0 Å². The van der Waals surface area contributed by atoms with Crippen molar-refractivity contribution in [1.29, 1.82) is 0 Å². The molecule has 0 spiro atoms. The van der Waals surface area contributed by atoms with Crippen molar-refractivity contribution in [3.63, 3.8) is 0 Å². The average Bonchev–Trinajstić information content (AvgIpc) is 2.77. The first kappa shape index (κ1) is 13.9. The van der Waals surface area contributed by atoms with Crippen molar-refractivity contribution in [2.75, 3.05) is 0 Å². The second-order valence-corrected chi connectivity index (χ2v) is 4.59. The summed E-state index contributed by atoms with van der Waals surface area (Å²) in [6.45, 7) is 7.19. The summed E-state index contributed by atoms with van der Waals surface area (Å²) in [4.78, 5) is 12.1. The van der Waals surface area contributed by atoms with E-state index in [0.29, 0.717) is 12.2 Å². The van der Waals surface area contributed by atoms with Gasteiger partial charge >= 0.3 is 0 Å². The first-order valence-electron chi connectivity index (χ1n) is 6.75. The monoisotopic (exact) mass is 236 g/mol. The minimum absolute atomic E-state index is 0.236. The quantitative estimate of drug-likeness (QED) is 0.694. The van der Waals surface area contributed by atoms with Crippen LogP contribution in [0.2, 0.25) is 0 Å². The summed E-state index contributed by atoms with van der Waals surface area (Å²) >= 11 is 0. The van der Waals surface area contributed by atoms with Crippen molar-refractivity contribution in [3.8, 4) is 0 Å². The Balaban J connectivity index is 2.51. The Labute approximate surface area is 104 Å². The standard InChI is InChI=1S/C14H24N2O/c1-4-7-8-13(5-2)14(17)9-12-10-15-16(6-3)11-12/h10-11,13H,4-9H2,1-3H3. The lowest BCUT2D eigenvalue weighted by Crippen LogP contribution is -2.16. The predicted molar refractivity (Wildman–Crippen MR) is 69.9 cm³/mol. The Kier molecular flexibility index (Phi) is 5.95. The molecule has 0 aromatic carbocycles. The highest BCUT2D eigenvalue weighted by Crippen LogP contribution is 2.16. The summed E-state index contributed by atoms with van der Waals surface area (Å²) in [5.41, 5.74) is 1.05. The van der Waals surface area contributed by atoms with Gasteiger partial charge in [-0.1, -0.05) is 26.7 Å². The van der Waals surface area contributed by atoms with Crippen molar-refractivity contribution >= 4 is 5.78 Å². The van der Waals surface area contributed by atoms with Gasteiger partial charge in [-0.15, -0.1) is 0 Å². The second kappa shape index (κ2) is 7.25. The summed E-state index contributed by atoms with van der Waals surface area (Å²) < 4.78 is 1.87. The lowest BCUT2D eigenvalue weighted by atomic mass is 9.92. The van der Waals surface area contributed by atoms with E-state index in [4.69, 9.17) is 0 Å². The Hall–Kier alpha value is -1.12. The number of nitrogens with zero attached hydrogens (tertiary/aromatic N) is 2. The smallest absolute Gasteiger partial charge is 0.140 e. The fraction of sp³-hybridized carbons (Fsp3) is 0.714. The lowest BCUT2D eigenvalue weighted by Gasteiger charge is -2.12. The molecule has 0 amide bonds. The molecule has 0 aliphatic carbocycles. The molecule has 1 atom stereocenters. The van der Waals surface area contributed by atoms with Crippen LogP contribution in [0.4, 0.5) is 0 Å². The molecule has 0 saturated carbocycles. The number of rotatable bonds is 8. The Morgan fingerprint density at radius 3 is 2.71 bits per heavy atom. The van der Waals surface area contributed by atoms with Gasteiger partial charge < -0.3 is 0 Å². The summed E-state index contributed by atoms with van der Waals surface area (Å²) in [6.07, 6.45) is 8.64. The van der Waals surface area contributed by atoms with Crippen molar-refractivity contribution in [1.82, 2.24) is 9.78 Å². The third kappa shape index (κ3) is 4.33. The number of hydrogen-bond acceptors (Lipinski definition) is 2. The molecule has 1 heterocycles. The number of aromatic nitrogens is 2. The molecule has 3 heteroatoms. The molecule has 0 bridgehead atoms. The second-order valence-electron chi connectivity index (χ2n) is 4.59. The zero-order chi connectivity index (χ0) is 12.7. The topological polar surface area (TPSA) is 34.9 Å². The maximum atomic E-state index is 12.1. The first-order chi connectivity index (χ1) is 8.21. The molecular weight excluding hydrogens is 212 g/mol. The van der Waals surface area contributed by atoms with Gasteiger partial charge in [-0.05, 0) is 25.3 Å². The fourth-order valence-electron chi connectivity index (χ4n) is 2.06. The van der Waals surface area contributed by atoms with Crippen LogP contribution in [0.1, 0.15) is 52.0 Å². The highest BCUT2D eigenvalue weighted by atomic mass is 16.1. The first-order valence-corrected chi connectivity index (χ1v) is 6.75. The minimum atomic E-state index is 0.236. The van der Waals surface area contributed by atoms with E-state index < -0.39 is 0 Å². The molecule has 3 nitrogen and oxygen atoms in total. The average molecular weight is 236 g/mol. The highest BCUT2D eigenvalue weighted by molar-refractivity contribution is 5.83. The third-order valence-electron chi connectivity index (χ3n) is 3.24. The summed E-state index contributed by atoms with van der Waals surface area (Å²) in [6, 6.07) is 0. The van der Waals surface area contributed by atoms with E-state index >= 15 is 0 Å². The van der Waals surface area contributed by atoms with Gasteiger partial charge in [0.1, 0.15) is 5.78 Å². The van der Waals surface area contributed by atoms with E-state index in [0.717, 1.165) is 37.8 Å². The molecule has 0 saturated heterocycles. The van der Waals surface area contributed by atoms with Crippen molar-refractivity contribution in [2.45, 2.75) is 59.4 Å². The fourth-order valence-corrected chi connectivity index (χ4v) is 2.06. The number of hydrogen-bond donors (Lipinski definition) is 0. The highest BCUT2D eigenvalue weighted by Gasteiger charge is 2.16. The van der Waals surface area contributed by atoms with Gasteiger partial charge in [0.05, 0.1) is 6.20 Å². The van der Waals surface area contributed by atoms with Gasteiger partial charge in [-0.3, -0.25) is 9.48 Å². The van der Waals surface area contributed by atoms with E-state index in [1.165, 1.54) is 0 Å². The van der Waals surface area contributed by atoms with Crippen LogP contribution in [0.25, 0.3) is 0 Å². The van der Waals surface area contributed by atoms with Crippen molar-refractivity contribution in [3.05, 3.63) is 18.0 Å². The van der Waals surface area contributed by atoms with Crippen LogP contribution in [0, 0.1) is 5.92 Å². The van der Waals surface area contributed by atoms with Gasteiger partial charge in [0.2, 0.25) is 0 Å². The van der Waals surface area contributed by atoms with E-state index in [1.54, 1.807) is 0 Å². The van der Waals surface area contributed by atoms with Crippen LogP contribution < -0.4 is 0 Å². The van der Waals surface area contributed by atoms with E-state index in [9.17, 15) is 4.79 Å². The molecule has 0 aliphatic rings. The van der Waals surface area contributed by atoms with Gasteiger partial charge in [-0.2, -0.15) is 5.10 Å². The molecule has 0 N–H and O–H groups in total. The number of carbonyl (C=O) groups is 1. The molecule has 0 fully saturated rings. The normalized spacial score (nSPS) is 12.6. The SMILES string of the molecule is CCCCC(CC)C(=O)Cc1cnn(CC)c1. The van der Waals surface area contributed by atoms with Crippen LogP contribution in [0.15, 0.2) is 12.4 Å². The maximum Gasteiger partial charge on any atom is 0.140 e. The Morgan fingerprint density at radius 1 is 1.41 bits per heavy atom. The van der Waals surface area contributed by atoms with Gasteiger partial charge in [0.25, 0.3) is 0 Å². The summed E-state index contributed by atoms with van der Waals surface area (Å²) in [7, 11) is 0. The van der Waals surface area contributed by atoms with E-state index in [2.05, 4.69) is 25.9 Å². The number of carbonyl (C=O) groups excluding carboxylic acids is 1. The molecule has 1 aromatic rings. The van der Waals surface area contributed by atoms with Crippen LogP contribution in [-0.4, -0.2) is 15.6 Å². The predicted octanol–water partition coefficient (Wildman–Crippen LogP) is 3.23. The zero-order valence-electron chi connectivity index (χ0n) is 11.3. The molecule has 1 unspecified atom stereocenters. The molecule has 1 rings (SSSR count). The van der Waals surface area contributed by atoms with E-state index in [-0.39, 0.29) is 5.92 Å². The number of unbranched alkanes of at least 4 members (excludes halogenated alkanes) is 1. The van der Waals surface area contributed by atoms with Gasteiger partial charge in [0.15, 0.2) is 0 Å². The largest absolute Gasteiger partial charge is 0.299 e. The number of ketones is 1. The van der Waals surface area contributed by atoms with E-state index in [1.807, 2.05) is 17.1 Å². The van der Waals surface area contributed by atoms with Crippen LogP contribution in [-0.2, 0) is 17.8 Å². The molecule has 0 radical (unpaired) electrons. The van der Waals surface area contributed by atoms with Crippen LogP contribution in [0.5, 0.6) is 0 Å². The third-order valence-corrected chi connectivity index (χ3v) is 3.24. The molecule has 96 valence electrons. The Morgan fingerprint density at radius 2 is 2.18 bits per heavy atom. The van der Waals surface area contributed by atoms with Gasteiger partial charge in [-0.25, -0.2) is 0 Å². The molecule has 17 heavy (non-hydrogen) atoms. The van der Waals surface area contributed by atoms with Gasteiger partial charge in [0, 0.05) is 25.1 Å². The molecular formula is C14H24N2O. The Bertz CT molecular complexity index is 344. The summed E-state index contributed by atoms with van der Waals surface area (Å²) in [5, 5.41) is 4.20. The molecule has 0 aliphatic heterocycles.